The fourth-order valence-electron chi connectivity index (χ4n) is 1.45. The lowest BCUT2D eigenvalue weighted by Gasteiger charge is -2.26. The third-order valence-corrected chi connectivity index (χ3v) is 2.15. The smallest absolute Gasteiger partial charge is 0.219 e. The van der Waals surface area contributed by atoms with Gasteiger partial charge in [0.05, 0.1) is 18.8 Å². The van der Waals surface area contributed by atoms with Crippen LogP contribution in [0.15, 0.2) is 18.6 Å². The average molecular weight is 197 g/mol. The van der Waals surface area contributed by atoms with Gasteiger partial charge < -0.3 is 10.1 Å². The zero-order valence-electron chi connectivity index (χ0n) is 7.69. The summed E-state index contributed by atoms with van der Waals surface area (Å²) in [6.07, 6.45) is 5.11. The van der Waals surface area contributed by atoms with Gasteiger partial charge >= 0.3 is 0 Å². The molecule has 4 nitrogen and oxygen atoms in total. The molecular weight excluding hydrogens is 185 g/mol. The number of aromatic nitrogens is 2. The second kappa shape index (κ2) is 4.32. The van der Waals surface area contributed by atoms with E-state index in [1.807, 2.05) is 0 Å². The van der Waals surface area contributed by atoms with Gasteiger partial charge in [0.2, 0.25) is 6.36 Å². The van der Waals surface area contributed by atoms with Crippen molar-refractivity contribution in [1.82, 2.24) is 9.97 Å². The molecule has 2 rings (SSSR count). The third-order valence-electron chi connectivity index (χ3n) is 2.15. The monoisotopic (exact) mass is 197 g/mol. The molecule has 1 aromatic rings. The molecule has 1 aliphatic heterocycles. The minimum absolute atomic E-state index is 0.305. The summed E-state index contributed by atoms with van der Waals surface area (Å²) in [7, 11) is 0. The summed E-state index contributed by atoms with van der Waals surface area (Å²) in [6, 6.07) is -0.305. The number of ether oxygens (including phenoxy) is 1. The summed E-state index contributed by atoms with van der Waals surface area (Å²) in [6.45, 7) is 0.500. The van der Waals surface area contributed by atoms with E-state index in [0.29, 0.717) is 12.4 Å². The molecule has 14 heavy (non-hydrogen) atoms. The van der Waals surface area contributed by atoms with Gasteiger partial charge in [0.1, 0.15) is 5.82 Å². The van der Waals surface area contributed by atoms with Gasteiger partial charge in [0, 0.05) is 12.4 Å². The number of halogens is 1. The lowest BCUT2D eigenvalue weighted by atomic mass is 10.1. The molecule has 0 amide bonds. The summed E-state index contributed by atoms with van der Waals surface area (Å²) in [5.41, 5.74) is 0. The summed E-state index contributed by atoms with van der Waals surface area (Å²) >= 11 is 0. The molecule has 5 heteroatoms. The number of nitrogens with zero attached hydrogens (tertiary/aromatic N) is 2. The van der Waals surface area contributed by atoms with Crippen molar-refractivity contribution in [3.8, 4) is 0 Å². The van der Waals surface area contributed by atoms with Crippen molar-refractivity contribution in [2.45, 2.75) is 25.2 Å². The predicted octanol–water partition coefficient (Wildman–Crippen LogP) is 1.36. The standard InChI is InChI=1S/C9H12FN3O/c10-9-7(2-1-5-14-9)13-8-6-11-3-4-12-8/h3-4,6-7,9H,1-2,5H2,(H,12,13). The summed E-state index contributed by atoms with van der Waals surface area (Å²) in [5.74, 6) is 0.589. The van der Waals surface area contributed by atoms with Crippen LogP contribution in [0, 0.1) is 0 Å². The maximum Gasteiger partial charge on any atom is 0.219 e. The van der Waals surface area contributed by atoms with Gasteiger partial charge in [-0.2, -0.15) is 0 Å². The van der Waals surface area contributed by atoms with Gasteiger partial charge in [-0.15, -0.1) is 0 Å². The first-order chi connectivity index (χ1) is 6.86. The average Bonchev–Trinajstić information content (AvgIpc) is 2.23. The van der Waals surface area contributed by atoms with E-state index < -0.39 is 6.36 Å². The Balaban J connectivity index is 1.96. The van der Waals surface area contributed by atoms with E-state index in [1.165, 1.54) is 0 Å². The molecule has 1 aliphatic rings. The topological polar surface area (TPSA) is 47.0 Å². The van der Waals surface area contributed by atoms with Gasteiger partial charge in [-0.05, 0) is 12.8 Å². The largest absolute Gasteiger partial charge is 0.361 e. The Bertz CT molecular complexity index is 283. The molecule has 76 valence electrons. The maximum atomic E-state index is 13.2. The summed E-state index contributed by atoms with van der Waals surface area (Å²) in [4.78, 5) is 7.90. The van der Waals surface area contributed by atoms with E-state index in [1.54, 1.807) is 18.6 Å². The van der Waals surface area contributed by atoms with Crippen molar-refractivity contribution in [1.29, 1.82) is 0 Å². The molecule has 2 atom stereocenters. The molecule has 0 aliphatic carbocycles. The molecule has 1 fully saturated rings. The van der Waals surface area contributed by atoms with E-state index in [0.717, 1.165) is 12.8 Å². The van der Waals surface area contributed by atoms with Crippen LogP contribution in [0.1, 0.15) is 12.8 Å². The van der Waals surface area contributed by atoms with E-state index in [4.69, 9.17) is 4.74 Å². The minimum atomic E-state index is -1.24. The Kier molecular flexibility index (Phi) is 2.88. The van der Waals surface area contributed by atoms with Crippen molar-refractivity contribution in [3.63, 3.8) is 0 Å². The first kappa shape index (κ1) is 9.33. The van der Waals surface area contributed by atoms with Crippen molar-refractivity contribution < 1.29 is 9.13 Å². The van der Waals surface area contributed by atoms with Gasteiger partial charge in [-0.1, -0.05) is 0 Å². The quantitative estimate of drug-likeness (QED) is 0.777. The normalized spacial score (nSPS) is 27.2. The first-order valence-corrected chi connectivity index (χ1v) is 4.64. The van der Waals surface area contributed by atoms with Gasteiger partial charge in [-0.3, -0.25) is 4.98 Å². The second-order valence-corrected chi connectivity index (χ2v) is 3.21. The zero-order valence-corrected chi connectivity index (χ0v) is 7.69. The van der Waals surface area contributed by atoms with E-state index >= 15 is 0 Å². The molecule has 1 aromatic heterocycles. The molecule has 0 saturated carbocycles. The Morgan fingerprint density at radius 1 is 1.50 bits per heavy atom. The lowest BCUT2D eigenvalue weighted by molar-refractivity contribution is -0.0758. The van der Waals surface area contributed by atoms with Crippen LogP contribution < -0.4 is 5.32 Å². The molecule has 2 heterocycles. The molecule has 1 N–H and O–H groups in total. The van der Waals surface area contributed by atoms with Crippen LogP contribution >= 0.6 is 0 Å². The van der Waals surface area contributed by atoms with Crippen LogP contribution in [0.25, 0.3) is 0 Å². The highest BCUT2D eigenvalue weighted by Gasteiger charge is 2.25. The van der Waals surface area contributed by atoms with Crippen molar-refractivity contribution in [2.75, 3.05) is 11.9 Å². The number of hydrogen-bond donors (Lipinski definition) is 1. The predicted molar refractivity (Wildman–Crippen MR) is 49.5 cm³/mol. The van der Waals surface area contributed by atoms with Crippen LogP contribution in [0.2, 0.25) is 0 Å². The number of nitrogens with one attached hydrogen (secondary N) is 1. The van der Waals surface area contributed by atoms with Crippen LogP contribution in [-0.4, -0.2) is 29.0 Å². The summed E-state index contributed by atoms with van der Waals surface area (Å²) in [5, 5.41) is 2.96. The lowest BCUT2D eigenvalue weighted by Crippen LogP contribution is -2.37. The van der Waals surface area contributed by atoms with Crippen LogP contribution in [0.5, 0.6) is 0 Å². The van der Waals surface area contributed by atoms with Crippen LogP contribution in [0.3, 0.4) is 0 Å². The Morgan fingerprint density at radius 3 is 3.14 bits per heavy atom. The van der Waals surface area contributed by atoms with Crippen molar-refractivity contribution in [3.05, 3.63) is 18.6 Å². The number of alkyl halides is 1. The maximum absolute atomic E-state index is 13.2. The zero-order chi connectivity index (χ0) is 9.80. The first-order valence-electron chi connectivity index (χ1n) is 4.64. The van der Waals surface area contributed by atoms with E-state index in [9.17, 15) is 4.39 Å². The molecule has 2 unspecified atom stereocenters. The highest BCUT2D eigenvalue weighted by molar-refractivity contribution is 5.31. The Labute approximate surface area is 81.5 Å². The van der Waals surface area contributed by atoms with E-state index in [-0.39, 0.29) is 6.04 Å². The fourth-order valence-corrected chi connectivity index (χ4v) is 1.45. The third kappa shape index (κ3) is 2.17. The SMILES string of the molecule is FC1OCCCC1Nc1cnccn1. The number of anilines is 1. The highest BCUT2D eigenvalue weighted by atomic mass is 19.1. The molecule has 0 bridgehead atoms. The highest BCUT2D eigenvalue weighted by Crippen LogP contribution is 2.18. The van der Waals surface area contributed by atoms with Gasteiger partial charge in [0.25, 0.3) is 0 Å². The van der Waals surface area contributed by atoms with Gasteiger partial charge in [-0.25, -0.2) is 9.37 Å². The van der Waals surface area contributed by atoms with Crippen LogP contribution in [0.4, 0.5) is 10.2 Å². The Hall–Kier alpha value is -1.23. The Morgan fingerprint density at radius 2 is 2.43 bits per heavy atom. The van der Waals surface area contributed by atoms with E-state index in [2.05, 4.69) is 15.3 Å². The van der Waals surface area contributed by atoms with Gasteiger partial charge in [0.15, 0.2) is 0 Å². The minimum Gasteiger partial charge on any atom is -0.361 e. The molecule has 0 aromatic carbocycles. The molecule has 0 spiro atoms. The fraction of sp³-hybridized carbons (Fsp3) is 0.556. The molecule has 0 radical (unpaired) electrons. The molecule has 1 saturated heterocycles. The van der Waals surface area contributed by atoms with Crippen LogP contribution in [-0.2, 0) is 4.74 Å². The molecular formula is C9H12FN3O. The van der Waals surface area contributed by atoms with Crippen molar-refractivity contribution in [2.24, 2.45) is 0 Å². The summed E-state index contributed by atoms with van der Waals surface area (Å²) < 4.78 is 18.1. The number of rotatable bonds is 2. The van der Waals surface area contributed by atoms with Crippen molar-refractivity contribution >= 4 is 5.82 Å². The number of hydrogen-bond acceptors (Lipinski definition) is 4. The second-order valence-electron chi connectivity index (χ2n) is 3.21.